The number of sulfonamides is 2. The van der Waals surface area contributed by atoms with E-state index in [0.29, 0.717) is 33.9 Å². The molecule has 0 saturated carbocycles. The molecule has 6 rings (SSSR count). The number of tetrazole rings is 1. The molecule has 21 heteroatoms. The van der Waals surface area contributed by atoms with Gasteiger partial charge in [-0.1, -0.05) is 63.2 Å². The average molecular weight is 930 g/mol. The third-order valence-corrected chi connectivity index (χ3v) is 13.8. The number of benzene rings is 4. The zero-order chi connectivity index (χ0) is 47.1. The van der Waals surface area contributed by atoms with Crippen molar-refractivity contribution >= 4 is 32.0 Å². The van der Waals surface area contributed by atoms with Gasteiger partial charge in [0.1, 0.15) is 39.0 Å². The quantitative estimate of drug-likeness (QED) is 0.0865. The number of carbonyl (C=O) groups excluding carboxylic acids is 1. The summed E-state index contributed by atoms with van der Waals surface area (Å²) >= 11 is 0. The Morgan fingerprint density at radius 2 is 1.34 bits per heavy atom. The Bertz CT molecular complexity index is 2750. The van der Waals surface area contributed by atoms with Gasteiger partial charge in [0, 0.05) is 24.8 Å². The minimum Gasteiger partial charge on any atom is -0.497 e. The van der Waals surface area contributed by atoms with Crippen LogP contribution in [0.3, 0.4) is 0 Å². The number of anilines is 1. The molecule has 0 radical (unpaired) electrons. The van der Waals surface area contributed by atoms with E-state index in [-0.39, 0.29) is 42.4 Å². The highest BCUT2D eigenvalue weighted by Crippen LogP contribution is 2.41. The summed E-state index contributed by atoms with van der Waals surface area (Å²) in [6, 6.07) is 26.2. The summed E-state index contributed by atoms with van der Waals surface area (Å²) in [6.07, 6.45) is -2.75. The van der Waals surface area contributed by atoms with Crippen LogP contribution in [0, 0.1) is 5.41 Å². The number of aromatic nitrogens is 5. The van der Waals surface area contributed by atoms with Crippen molar-refractivity contribution in [2.45, 2.75) is 62.4 Å². The summed E-state index contributed by atoms with van der Waals surface area (Å²) in [5.41, 5.74) is 12.5. The standard InChI is InChI=1S/C44H51N9O10S2/c1-44(2,3)41(54)36(63-43(46)55)24-48-64(56,57)37-21-20-35(31-13-22-38(45)47-23-31)39(42-49-51-53(50-42)27-30-11-18-34(62-6)19-12-30)40(37)65(58,59)52(25-28-7-14-32(60-4)15-8-28)26-29-9-16-33(61-5)17-10-29/h7-23,36,41,48,54H,24-27H2,1-6H3,(H2,45,47)(H2,46,55)/t36-,41+/m0/s1. The number of aliphatic hydroxyl groups excluding tert-OH is 1. The van der Waals surface area contributed by atoms with E-state index in [1.807, 2.05) is 0 Å². The Balaban J connectivity index is 1.61. The molecule has 0 aliphatic heterocycles. The second-order valence-electron chi connectivity index (χ2n) is 15.9. The number of nitrogen functional groups attached to an aromatic ring is 1. The molecule has 2 atom stereocenters. The molecule has 6 N–H and O–H groups in total. The summed E-state index contributed by atoms with van der Waals surface area (Å²) < 4.78 is 86.1. The number of amides is 1. The zero-order valence-electron chi connectivity index (χ0n) is 36.6. The second-order valence-corrected chi connectivity index (χ2v) is 19.5. The molecule has 65 heavy (non-hydrogen) atoms. The topological polar surface area (TPSA) is 266 Å². The smallest absolute Gasteiger partial charge is 0.404 e. The number of hydrogen-bond donors (Lipinski definition) is 4. The average Bonchev–Trinajstić information content (AvgIpc) is 3.75. The maximum absolute atomic E-state index is 15.9. The predicted octanol–water partition coefficient (Wildman–Crippen LogP) is 4.60. The van der Waals surface area contributed by atoms with Gasteiger partial charge in [0.05, 0.1) is 46.1 Å². The van der Waals surface area contributed by atoms with Crippen LogP contribution in [0.1, 0.15) is 37.5 Å². The van der Waals surface area contributed by atoms with Crippen molar-refractivity contribution in [1.82, 2.24) is 34.2 Å². The molecule has 1 amide bonds. The number of primary amides is 1. The van der Waals surface area contributed by atoms with Crippen molar-refractivity contribution in [3.8, 4) is 39.8 Å². The Labute approximate surface area is 377 Å². The van der Waals surface area contributed by atoms with Gasteiger partial charge in [-0.25, -0.2) is 31.3 Å². The molecule has 344 valence electrons. The van der Waals surface area contributed by atoms with Gasteiger partial charge in [-0.15, -0.1) is 10.2 Å². The first-order chi connectivity index (χ1) is 30.8. The van der Waals surface area contributed by atoms with E-state index >= 15 is 8.42 Å². The van der Waals surface area contributed by atoms with Crippen molar-refractivity contribution in [2.24, 2.45) is 11.1 Å². The number of nitrogens with zero attached hydrogens (tertiary/aromatic N) is 6. The Morgan fingerprint density at radius 1 is 0.800 bits per heavy atom. The van der Waals surface area contributed by atoms with Crippen molar-refractivity contribution < 1.29 is 45.7 Å². The lowest BCUT2D eigenvalue weighted by Crippen LogP contribution is -2.48. The third-order valence-electron chi connectivity index (χ3n) is 10.3. The van der Waals surface area contributed by atoms with Crippen LogP contribution in [0.4, 0.5) is 10.6 Å². The molecule has 0 saturated heterocycles. The highest BCUT2D eigenvalue weighted by Gasteiger charge is 2.39. The molecule has 0 aliphatic rings. The number of rotatable bonds is 19. The molecular formula is C44H51N9O10S2. The van der Waals surface area contributed by atoms with Crippen LogP contribution < -0.4 is 30.4 Å². The maximum Gasteiger partial charge on any atom is 0.404 e. The fraction of sp³-hybridized carbons (Fsp3) is 0.295. The molecular weight excluding hydrogens is 879 g/mol. The van der Waals surface area contributed by atoms with Gasteiger partial charge < -0.3 is 35.5 Å². The summed E-state index contributed by atoms with van der Waals surface area (Å²) in [6.45, 7) is 3.86. The van der Waals surface area contributed by atoms with Crippen molar-refractivity contribution in [3.05, 3.63) is 120 Å². The lowest BCUT2D eigenvalue weighted by atomic mass is 9.86. The van der Waals surface area contributed by atoms with E-state index in [9.17, 15) is 18.3 Å². The lowest BCUT2D eigenvalue weighted by Gasteiger charge is -2.32. The van der Waals surface area contributed by atoms with Crippen LogP contribution in [0.2, 0.25) is 0 Å². The van der Waals surface area contributed by atoms with Gasteiger partial charge in [-0.2, -0.15) is 9.10 Å². The predicted molar refractivity (Wildman–Crippen MR) is 241 cm³/mol. The Morgan fingerprint density at radius 3 is 1.82 bits per heavy atom. The van der Waals surface area contributed by atoms with Crippen LogP contribution >= 0.6 is 0 Å². The lowest BCUT2D eigenvalue weighted by molar-refractivity contribution is -0.0458. The molecule has 19 nitrogen and oxygen atoms in total. The molecule has 4 aromatic carbocycles. The monoisotopic (exact) mass is 929 g/mol. The molecule has 0 unspecified atom stereocenters. The summed E-state index contributed by atoms with van der Waals surface area (Å²) in [5, 5.41) is 24.4. The van der Waals surface area contributed by atoms with E-state index in [0.717, 1.165) is 15.9 Å². The molecule has 0 fully saturated rings. The number of nitrogens with two attached hydrogens (primary N) is 2. The third kappa shape index (κ3) is 11.5. The molecule has 2 aromatic heterocycles. The normalized spacial score (nSPS) is 13.0. The van der Waals surface area contributed by atoms with Gasteiger partial charge in [0.25, 0.3) is 0 Å². The SMILES string of the molecule is COc1ccc(CN(Cc2ccc(OC)cc2)S(=O)(=O)c2c(S(=O)(=O)NC[C@H](OC(N)=O)[C@@H](O)C(C)(C)C)ccc(-c3ccc(N)nc3)c2-c2nnn(Cc3ccc(OC)cc3)n2)cc1. The van der Waals surface area contributed by atoms with Gasteiger partial charge in [-0.3, -0.25) is 0 Å². The number of carbonyl (C=O) groups is 1. The van der Waals surface area contributed by atoms with E-state index in [1.54, 1.807) is 107 Å². The van der Waals surface area contributed by atoms with E-state index in [1.165, 1.54) is 37.3 Å². The van der Waals surface area contributed by atoms with Crippen LogP contribution in [0.25, 0.3) is 22.5 Å². The van der Waals surface area contributed by atoms with Crippen LogP contribution in [0.5, 0.6) is 17.2 Å². The fourth-order valence-electron chi connectivity index (χ4n) is 6.78. The highest BCUT2D eigenvalue weighted by molar-refractivity contribution is 7.92. The van der Waals surface area contributed by atoms with Crippen LogP contribution in [0.15, 0.2) is 113 Å². The van der Waals surface area contributed by atoms with Gasteiger partial charge in [0.15, 0.2) is 0 Å². The summed E-state index contributed by atoms with van der Waals surface area (Å²) in [7, 11) is -5.37. The number of nitrogens with one attached hydrogen (secondary N) is 1. The first-order valence-electron chi connectivity index (χ1n) is 20.0. The van der Waals surface area contributed by atoms with Gasteiger partial charge in [0.2, 0.25) is 25.9 Å². The van der Waals surface area contributed by atoms with E-state index in [4.69, 9.17) is 30.4 Å². The molecule has 2 heterocycles. The van der Waals surface area contributed by atoms with Gasteiger partial charge >= 0.3 is 6.09 Å². The largest absolute Gasteiger partial charge is 0.497 e. The number of aliphatic hydroxyl groups is 1. The van der Waals surface area contributed by atoms with Crippen LogP contribution in [-0.2, 0) is 44.4 Å². The summed E-state index contributed by atoms with van der Waals surface area (Å²) in [4.78, 5) is 16.0. The van der Waals surface area contributed by atoms with E-state index in [2.05, 4.69) is 25.1 Å². The number of ether oxygens (including phenoxy) is 4. The second kappa shape index (κ2) is 20.0. The van der Waals surface area contributed by atoms with E-state index < -0.39 is 60.1 Å². The Kier molecular flexibility index (Phi) is 14.7. The first kappa shape index (κ1) is 47.8. The van der Waals surface area contributed by atoms with Crippen molar-refractivity contribution in [2.75, 3.05) is 33.6 Å². The maximum atomic E-state index is 15.9. The van der Waals surface area contributed by atoms with Crippen molar-refractivity contribution in [1.29, 1.82) is 0 Å². The summed E-state index contributed by atoms with van der Waals surface area (Å²) in [5.74, 6) is 1.62. The minimum atomic E-state index is -4.99. The van der Waals surface area contributed by atoms with Crippen molar-refractivity contribution in [3.63, 3.8) is 0 Å². The number of pyridine rings is 1. The molecule has 0 bridgehead atoms. The van der Waals surface area contributed by atoms with Crippen LogP contribution in [-0.4, -0.2) is 97.6 Å². The van der Waals surface area contributed by atoms with Gasteiger partial charge in [-0.05, 0) is 87.5 Å². The number of hydrogen-bond acceptors (Lipinski definition) is 15. The molecule has 0 spiro atoms. The fourth-order valence-corrected chi connectivity index (χ4v) is 10.2. The first-order valence-corrected chi connectivity index (χ1v) is 22.9. The molecule has 0 aliphatic carbocycles. The Hall–Kier alpha value is -6.65. The number of methoxy groups -OCH3 is 3. The zero-order valence-corrected chi connectivity index (χ0v) is 38.2. The molecule has 6 aromatic rings. The highest BCUT2D eigenvalue weighted by atomic mass is 32.2. The minimum absolute atomic E-state index is 0.0931.